The van der Waals surface area contributed by atoms with Gasteiger partial charge in [-0.25, -0.2) is 15.0 Å². The lowest BCUT2D eigenvalue weighted by atomic mass is 9.79. The lowest BCUT2D eigenvalue weighted by molar-refractivity contribution is 0.411. The molecule has 0 unspecified atom stereocenters. The van der Waals surface area contributed by atoms with Gasteiger partial charge in [0.25, 0.3) is 0 Å². The van der Waals surface area contributed by atoms with Crippen LogP contribution < -0.4 is 0 Å². The Labute approximate surface area is 362 Å². The van der Waals surface area contributed by atoms with E-state index in [1.165, 1.54) is 0 Å². The van der Waals surface area contributed by atoms with Gasteiger partial charge in [-0.2, -0.15) is 0 Å². The van der Waals surface area contributed by atoms with Gasteiger partial charge in [-0.1, -0.05) is 147 Å². The number of para-hydroxylation sites is 3. The monoisotopic (exact) mass is 813 g/mol. The number of aromatic nitrogens is 5. The van der Waals surface area contributed by atoms with Crippen molar-refractivity contribution < 1.29 is 9.52 Å². The molecule has 0 aliphatic heterocycles. The normalized spacial score (nSPS) is 12.7. The molecule has 62 heavy (non-hydrogen) atoms. The number of oxazole rings is 1. The Morgan fingerprint density at radius 1 is 0.532 bits per heavy atom. The van der Waals surface area contributed by atoms with Crippen LogP contribution in [0.15, 0.2) is 144 Å². The van der Waals surface area contributed by atoms with Crippen molar-refractivity contribution in [2.24, 2.45) is 0 Å². The van der Waals surface area contributed by atoms with Crippen molar-refractivity contribution >= 4 is 44.1 Å². The molecule has 6 aromatic carbocycles. The second kappa shape index (κ2) is 14.0. The van der Waals surface area contributed by atoms with E-state index in [-0.39, 0.29) is 22.0 Å². The summed E-state index contributed by atoms with van der Waals surface area (Å²) < 4.78 is 10.8. The summed E-state index contributed by atoms with van der Waals surface area (Å²) in [6.45, 7) is 19.4. The average molecular weight is 814 g/mol. The molecule has 10 rings (SSSR count). The maximum absolute atomic E-state index is 12.4. The first-order valence-corrected chi connectivity index (χ1v) is 21.4. The van der Waals surface area contributed by atoms with Gasteiger partial charge in [-0.3, -0.25) is 9.13 Å². The van der Waals surface area contributed by atoms with E-state index in [1.54, 1.807) is 0 Å². The van der Waals surface area contributed by atoms with E-state index in [0.717, 1.165) is 89.0 Å². The van der Waals surface area contributed by atoms with Crippen molar-refractivity contribution in [3.8, 4) is 50.9 Å². The van der Waals surface area contributed by atoms with E-state index in [9.17, 15) is 5.11 Å². The van der Waals surface area contributed by atoms with Crippen molar-refractivity contribution in [1.82, 2.24) is 24.1 Å². The molecule has 308 valence electrons. The van der Waals surface area contributed by atoms with Gasteiger partial charge in [-0.15, -0.1) is 0 Å². The van der Waals surface area contributed by atoms with Gasteiger partial charge in [0.1, 0.15) is 22.7 Å². The summed E-state index contributed by atoms with van der Waals surface area (Å²) in [5.41, 5.74) is 12.8. The number of pyridine rings is 1. The van der Waals surface area contributed by atoms with E-state index in [4.69, 9.17) is 19.4 Å². The highest BCUT2D eigenvalue weighted by atomic mass is 16.3. The minimum atomic E-state index is -0.325. The fraction of sp³-hybridized carbons (Fsp3) is 0.218. The Morgan fingerprint density at radius 2 is 1.24 bits per heavy atom. The predicted molar refractivity (Wildman–Crippen MR) is 255 cm³/mol. The lowest BCUT2D eigenvalue weighted by Crippen LogP contribution is -2.17. The highest BCUT2D eigenvalue weighted by molar-refractivity contribution is 6.09. The third-order valence-corrected chi connectivity index (χ3v) is 12.0. The number of rotatable bonds is 5. The molecule has 0 aliphatic carbocycles. The second-order valence-corrected chi connectivity index (χ2v) is 19.6. The van der Waals surface area contributed by atoms with Crippen LogP contribution in [0.1, 0.15) is 79.3 Å². The number of hydrogen-bond donors (Lipinski definition) is 1. The highest BCUT2D eigenvalue weighted by Gasteiger charge is 2.30. The third kappa shape index (κ3) is 6.46. The molecule has 1 N–H and O–H groups in total. The second-order valence-electron chi connectivity index (χ2n) is 19.6. The molecule has 0 spiro atoms. The number of phenolic OH excluding ortho intramolecular Hbond substituents is 1. The molecule has 0 atom stereocenters. The number of benzene rings is 6. The molecular formula is C55H51N5O2. The van der Waals surface area contributed by atoms with E-state index in [0.29, 0.717) is 17.3 Å². The van der Waals surface area contributed by atoms with Gasteiger partial charge in [0.2, 0.25) is 5.89 Å². The zero-order valence-corrected chi connectivity index (χ0v) is 36.9. The molecular weight excluding hydrogens is 763 g/mol. The van der Waals surface area contributed by atoms with Crippen LogP contribution in [0.4, 0.5) is 0 Å². The van der Waals surface area contributed by atoms with E-state index < -0.39 is 0 Å². The van der Waals surface area contributed by atoms with Crippen LogP contribution in [0.5, 0.6) is 5.75 Å². The zero-order chi connectivity index (χ0) is 43.3. The molecule has 0 fully saturated rings. The highest BCUT2D eigenvalue weighted by Crippen LogP contribution is 2.45. The summed E-state index contributed by atoms with van der Waals surface area (Å²) in [6.07, 6.45) is 0. The Kier molecular flexibility index (Phi) is 8.86. The summed E-state index contributed by atoms with van der Waals surface area (Å²) in [4.78, 5) is 15.9. The van der Waals surface area contributed by atoms with Crippen molar-refractivity contribution in [1.29, 1.82) is 0 Å². The molecule has 0 saturated carbocycles. The Bertz CT molecular complexity index is 3360. The maximum Gasteiger partial charge on any atom is 0.200 e. The molecule has 0 radical (unpaired) electrons. The van der Waals surface area contributed by atoms with Gasteiger partial charge in [0.15, 0.2) is 5.58 Å². The number of fused-ring (bicyclic) bond motifs is 5. The fourth-order valence-electron chi connectivity index (χ4n) is 8.69. The summed E-state index contributed by atoms with van der Waals surface area (Å²) in [6, 6.07) is 48.4. The van der Waals surface area contributed by atoms with E-state index in [2.05, 4.69) is 199 Å². The summed E-state index contributed by atoms with van der Waals surface area (Å²) in [5.74, 6) is 1.61. The molecule has 7 nitrogen and oxygen atoms in total. The average Bonchev–Trinajstić information content (AvgIpc) is 3.95. The molecule has 0 amide bonds. The summed E-state index contributed by atoms with van der Waals surface area (Å²) in [5, 5.41) is 14.6. The van der Waals surface area contributed by atoms with E-state index >= 15 is 0 Å². The topological polar surface area (TPSA) is 81.9 Å². The van der Waals surface area contributed by atoms with Crippen LogP contribution in [0.3, 0.4) is 0 Å². The quantitative estimate of drug-likeness (QED) is 0.187. The van der Waals surface area contributed by atoms with Crippen LogP contribution in [-0.2, 0) is 16.2 Å². The van der Waals surface area contributed by atoms with Gasteiger partial charge >= 0.3 is 0 Å². The Morgan fingerprint density at radius 3 is 2.00 bits per heavy atom. The number of aromatic hydroxyl groups is 1. The van der Waals surface area contributed by atoms with Gasteiger partial charge in [0, 0.05) is 38.9 Å². The molecule has 0 saturated heterocycles. The number of hydrogen-bond acceptors (Lipinski definition) is 5. The first kappa shape index (κ1) is 39.2. The minimum Gasteiger partial charge on any atom is -0.507 e. The van der Waals surface area contributed by atoms with Gasteiger partial charge in [0.05, 0.1) is 39.2 Å². The maximum atomic E-state index is 12.4. The predicted octanol–water partition coefficient (Wildman–Crippen LogP) is 14.3. The first-order chi connectivity index (χ1) is 29.6. The van der Waals surface area contributed by atoms with Crippen molar-refractivity contribution in [2.75, 3.05) is 0 Å². The van der Waals surface area contributed by atoms with Crippen LogP contribution in [0.2, 0.25) is 0 Å². The number of nitrogens with zero attached hydrogens (tertiary/aromatic N) is 5. The first-order valence-electron chi connectivity index (χ1n) is 21.4. The van der Waals surface area contributed by atoms with Gasteiger partial charge < -0.3 is 9.52 Å². The molecule has 4 heterocycles. The molecule has 10 aromatic rings. The third-order valence-electron chi connectivity index (χ3n) is 12.0. The van der Waals surface area contributed by atoms with Crippen LogP contribution in [0.25, 0.3) is 89.2 Å². The van der Waals surface area contributed by atoms with Crippen molar-refractivity contribution in [3.63, 3.8) is 0 Å². The Balaban J connectivity index is 1.25. The minimum absolute atomic E-state index is 0.183. The molecule has 0 aliphatic rings. The number of phenols is 1. The smallest absolute Gasteiger partial charge is 0.200 e. The Hall–Kier alpha value is -6.99. The molecule has 0 bridgehead atoms. The van der Waals surface area contributed by atoms with Crippen molar-refractivity contribution in [3.05, 3.63) is 157 Å². The molecule has 4 aromatic heterocycles. The number of imidazole rings is 1. The SMILES string of the molecule is CC(C)(C)c1cc(-c2nc3c(-c4ccc5c6ccccc6n(-c6ccc7nc(C(C)(C)C)oc7c6)c5n4)cccc3n2-c2ccccc2-c2ccccc2)c(O)c(C(C)(C)C)c1. The van der Waals surface area contributed by atoms with Crippen LogP contribution >= 0.6 is 0 Å². The van der Waals surface area contributed by atoms with E-state index in [1.807, 2.05) is 12.1 Å². The largest absolute Gasteiger partial charge is 0.507 e. The standard InChI is InChI=1S/C55H51N5O2/c1-53(2,3)34-30-40(49(61)41(31-34)54(4,5)6)51-58-48-39(22-17-25-46(48)60(51)44-23-15-13-20-36(44)33-18-11-10-12-19-33)42-29-27-38-37-21-14-16-24-45(37)59(50(38)56-42)35-26-28-43-47(32-35)62-52(57-43)55(7,8)9/h10-32,61H,1-9H3. The van der Waals surface area contributed by atoms with Gasteiger partial charge in [-0.05, 0) is 70.5 Å². The van der Waals surface area contributed by atoms with Crippen LogP contribution in [-0.4, -0.2) is 29.2 Å². The van der Waals surface area contributed by atoms with Crippen LogP contribution in [0, 0.1) is 0 Å². The summed E-state index contributed by atoms with van der Waals surface area (Å²) >= 11 is 0. The lowest BCUT2D eigenvalue weighted by Gasteiger charge is -2.27. The fourth-order valence-corrected chi connectivity index (χ4v) is 8.69. The molecule has 7 heteroatoms. The van der Waals surface area contributed by atoms with Crippen molar-refractivity contribution in [2.45, 2.75) is 78.6 Å². The summed E-state index contributed by atoms with van der Waals surface area (Å²) in [7, 11) is 0. The zero-order valence-electron chi connectivity index (χ0n) is 36.9.